The van der Waals surface area contributed by atoms with Gasteiger partial charge in [-0.05, 0) is 50.3 Å². The number of piperidine rings is 1. The van der Waals surface area contributed by atoms with Gasteiger partial charge in [-0.25, -0.2) is 0 Å². The van der Waals surface area contributed by atoms with Gasteiger partial charge in [0.25, 0.3) is 0 Å². The van der Waals surface area contributed by atoms with Gasteiger partial charge in [-0.1, -0.05) is 36.7 Å². The summed E-state index contributed by atoms with van der Waals surface area (Å²) in [5.74, 6) is 0.0458. The number of benzene rings is 1. The summed E-state index contributed by atoms with van der Waals surface area (Å²) in [6.07, 6.45) is 4.19. The smallest absolute Gasteiger partial charge is 0.226 e. The molecule has 7 heteroatoms. The summed E-state index contributed by atoms with van der Waals surface area (Å²) in [5.41, 5.74) is 0.341. The fourth-order valence-electron chi connectivity index (χ4n) is 4.40. The van der Waals surface area contributed by atoms with Gasteiger partial charge in [0, 0.05) is 50.3 Å². The predicted octanol–water partition coefficient (Wildman–Crippen LogP) is 3.13. The fraction of sp³-hybridized carbons (Fsp3) is 0.652. The Hall–Kier alpha value is -1.63. The maximum atomic E-state index is 13.1. The van der Waals surface area contributed by atoms with E-state index in [1.807, 2.05) is 24.3 Å². The molecule has 2 fully saturated rings. The van der Waals surface area contributed by atoms with Crippen molar-refractivity contribution < 1.29 is 14.3 Å². The summed E-state index contributed by atoms with van der Waals surface area (Å²) in [4.78, 5) is 28.1. The van der Waals surface area contributed by atoms with Gasteiger partial charge < -0.3 is 20.3 Å². The van der Waals surface area contributed by atoms with Crippen LogP contribution in [0.15, 0.2) is 24.3 Å². The molecule has 0 aromatic heterocycles. The number of halogens is 1. The monoisotopic (exact) mass is 435 g/mol. The molecule has 0 unspecified atom stereocenters. The minimum atomic E-state index is -0.553. The quantitative estimate of drug-likeness (QED) is 0.658. The average Bonchev–Trinajstić information content (AvgIpc) is 2.78. The van der Waals surface area contributed by atoms with Crippen LogP contribution in [0.1, 0.15) is 51.0 Å². The molecule has 0 atom stereocenters. The van der Waals surface area contributed by atoms with E-state index in [9.17, 15) is 9.59 Å². The Labute approximate surface area is 184 Å². The Morgan fingerprint density at radius 3 is 2.57 bits per heavy atom. The van der Waals surface area contributed by atoms with E-state index in [-0.39, 0.29) is 17.9 Å². The lowest BCUT2D eigenvalue weighted by atomic mass is 9.75. The SMILES string of the molecule is CCN1CCC(NC(=O)CCC2(C(=O)NCc3ccccc3Cl)CCOCC2)CC1. The lowest BCUT2D eigenvalue weighted by molar-refractivity contribution is -0.138. The number of nitrogens with zero attached hydrogens (tertiary/aromatic N) is 1. The molecule has 0 aliphatic carbocycles. The van der Waals surface area contributed by atoms with Crippen LogP contribution >= 0.6 is 11.6 Å². The zero-order valence-corrected chi connectivity index (χ0v) is 18.7. The van der Waals surface area contributed by atoms with Crippen molar-refractivity contribution >= 4 is 23.4 Å². The van der Waals surface area contributed by atoms with Crippen molar-refractivity contribution in [2.75, 3.05) is 32.8 Å². The summed E-state index contributed by atoms with van der Waals surface area (Å²) in [5, 5.41) is 6.87. The highest BCUT2D eigenvalue weighted by atomic mass is 35.5. The molecule has 1 aromatic carbocycles. The molecular formula is C23H34ClN3O3. The average molecular weight is 436 g/mol. The number of ether oxygens (including phenoxy) is 1. The highest BCUT2D eigenvalue weighted by Gasteiger charge is 2.40. The molecule has 3 rings (SSSR count). The standard InChI is InChI=1S/C23H34ClN3O3/c1-2-27-13-8-19(9-14-27)26-21(28)7-10-23(11-15-30-16-12-23)22(29)25-17-18-5-3-4-6-20(18)24/h3-6,19H,2,7-17H2,1H3,(H,25,29)(H,26,28). The van der Waals surface area contributed by atoms with Crippen LogP contribution in [0.2, 0.25) is 5.02 Å². The maximum absolute atomic E-state index is 13.1. The summed E-state index contributed by atoms with van der Waals surface area (Å²) in [6.45, 7) is 6.80. The van der Waals surface area contributed by atoms with E-state index in [1.54, 1.807) is 0 Å². The Bertz CT molecular complexity index is 713. The number of amides is 2. The van der Waals surface area contributed by atoms with Crippen LogP contribution in [0.4, 0.5) is 0 Å². The van der Waals surface area contributed by atoms with E-state index < -0.39 is 5.41 Å². The van der Waals surface area contributed by atoms with Crippen LogP contribution in [0.25, 0.3) is 0 Å². The Balaban J connectivity index is 1.52. The molecule has 0 spiro atoms. The van der Waals surface area contributed by atoms with Gasteiger partial charge in [0.15, 0.2) is 0 Å². The first-order valence-corrected chi connectivity index (χ1v) is 11.5. The maximum Gasteiger partial charge on any atom is 0.226 e. The molecule has 1 aromatic rings. The van der Waals surface area contributed by atoms with Gasteiger partial charge in [-0.3, -0.25) is 9.59 Å². The minimum Gasteiger partial charge on any atom is -0.381 e. The molecule has 2 aliphatic rings. The zero-order valence-electron chi connectivity index (χ0n) is 17.9. The van der Waals surface area contributed by atoms with Crippen molar-refractivity contribution in [3.05, 3.63) is 34.9 Å². The number of carbonyl (C=O) groups is 2. The first-order chi connectivity index (χ1) is 14.5. The third-order valence-corrected chi connectivity index (χ3v) is 6.93. The van der Waals surface area contributed by atoms with E-state index in [1.165, 1.54) is 0 Å². The van der Waals surface area contributed by atoms with E-state index in [2.05, 4.69) is 22.5 Å². The molecule has 0 bridgehead atoms. The second-order valence-electron chi connectivity index (χ2n) is 8.44. The van der Waals surface area contributed by atoms with Gasteiger partial charge in [0.05, 0.1) is 5.41 Å². The number of carbonyl (C=O) groups excluding carboxylic acids is 2. The van der Waals surface area contributed by atoms with Crippen molar-refractivity contribution in [1.29, 1.82) is 0 Å². The second-order valence-corrected chi connectivity index (χ2v) is 8.85. The molecule has 2 N–H and O–H groups in total. The van der Waals surface area contributed by atoms with Gasteiger partial charge >= 0.3 is 0 Å². The largest absolute Gasteiger partial charge is 0.381 e. The van der Waals surface area contributed by atoms with Crippen molar-refractivity contribution in [2.24, 2.45) is 5.41 Å². The third-order valence-electron chi connectivity index (χ3n) is 6.56. The van der Waals surface area contributed by atoms with Crippen molar-refractivity contribution in [1.82, 2.24) is 15.5 Å². The minimum absolute atomic E-state index is 0.00484. The summed E-state index contributed by atoms with van der Waals surface area (Å²) >= 11 is 6.21. The van der Waals surface area contributed by atoms with Crippen LogP contribution < -0.4 is 10.6 Å². The van der Waals surface area contributed by atoms with Crippen molar-refractivity contribution in [3.8, 4) is 0 Å². The van der Waals surface area contributed by atoms with E-state index in [0.29, 0.717) is 50.5 Å². The Morgan fingerprint density at radius 1 is 1.20 bits per heavy atom. The summed E-state index contributed by atoms with van der Waals surface area (Å²) in [7, 11) is 0. The van der Waals surface area contributed by atoms with Gasteiger partial charge in [0.1, 0.15) is 0 Å². The normalized spacial score (nSPS) is 19.9. The highest BCUT2D eigenvalue weighted by Crippen LogP contribution is 2.36. The second kappa shape index (κ2) is 11.1. The molecule has 6 nitrogen and oxygen atoms in total. The lowest BCUT2D eigenvalue weighted by Crippen LogP contribution is -2.47. The van der Waals surface area contributed by atoms with Gasteiger partial charge in [-0.2, -0.15) is 0 Å². The summed E-state index contributed by atoms with van der Waals surface area (Å²) in [6, 6.07) is 7.77. The van der Waals surface area contributed by atoms with E-state index in [4.69, 9.17) is 16.3 Å². The van der Waals surface area contributed by atoms with Crippen LogP contribution in [-0.4, -0.2) is 55.6 Å². The highest BCUT2D eigenvalue weighted by molar-refractivity contribution is 6.31. The molecule has 0 radical (unpaired) electrons. The van der Waals surface area contributed by atoms with Crippen LogP contribution in [0, 0.1) is 5.41 Å². The lowest BCUT2D eigenvalue weighted by Gasteiger charge is -2.36. The first kappa shape index (κ1) is 23.0. The molecule has 2 saturated heterocycles. The molecule has 166 valence electrons. The molecule has 2 aliphatic heterocycles. The van der Waals surface area contributed by atoms with Crippen LogP contribution in [0.3, 0.4) is 0 Å². The first-order valence-electron chi connectivity index (χ1n) is 11.1. The Kier molecular flexibility index (Phi) is 8.54. The molecule has 2 amide bonds. The molecule has 0 saturated carbocycles. The van der Waals surface area contributed by atoms with Crippen molar-refractivity contribution in [3.63, 3.8) is 0 Å². The molecule has 2 heterocycles. The number of rotatable bonds is 8. The van der Waals surface area contributed by atoms with Gasteiger partial charge in [-0.15, -0.1) is 0 Å². The zero-order chi connectivity index (χ0) is 21.4. The Morgan fingerprint density at radius 2 is 1.90 bits per heavy atom. The molecular weight excluding hydrogens is 402 g/mol. The summed E-state index contributed by atoms with van der Waals surface area (Å²) < 4.78 is 5.50. The van der Waals surface area contributed by atoms with Crippen LogP contribution in [-0.2, 0) is 20.9 Å². The molecule has 30 heavy (non-hydrogen) atoms. The number of nitrogens with one attached hydrogen (secondary N) is 2. The third kappa shape index (κ3) is 6.19. The predicted molar refractivity (Wildman–Crippen MR) is 118 cm³/mol. The van der Waals surface area contributed by atoms with Crippen molar-refractivity contribution in [2.45, 2.75) is 58.0 Å². The topological polar surface area (TPSA) is 70.7 Å². The fourth-order valence-corrected chi connectivity index (χ4v) is 4.61. The van der Waals surface area contributed by atoms with E-state index >= 15 is 0 Å². The van der Waals surface area contributed by atoms with E-state index in [0.717, 1.165) is 38.0 Å². The number of likely N-dealkylation sites (tertiary alicyclic amines) is 1. The van der Waals surface area contributed by atoms with Crippen LogP contribution in [0.5, 0.6) is 0 Å². The number of hydrogen-bond donors (Lipinski definition) is 2. The number of hydrogen-bond acceptors (Lipinski definition) is 4. The van der Waals surface area contributed by atoms with Gasteiger partial charge in [0.2, 0.25) is 11.8 Å².